The van der Waals surface area contributed by atoms with Crippen LogP contribution in [-0.4, -0.2) is 13.0 Å². The Kier molecular flexibility index (Phi) is 3.20. The second-order valence-corrected chi connectivity index (χ2v) is 4.74. The predicted molar refractivity (Wildman–Crippen MR) is 67.1 cm³/mol. The molecular formula is C13H16ClNO. The van der Waals surface area contributed by atoms with Crippen LogP contribution in [0.15, 0.2) is 18.2 Å². The molecule has 0 fully saturated rings. The summed E-state index contributed by atoms with van der Waals surface area (Å²) in [7, 11) is 1.83. The number of hydrogen-bond donors (Lipinski definition) is 0. The third-order valence-electron chi connectivity index (χ3n) is 3.17. The lowest BCUT2D eigenvalue weighted by Gasteiger charge is -2.26. The predicted octanol–water partition coefficient (Wildman–Crippen LogP) is 3.29. The number of halogens is 1. The molecule has 2 rings (SSSR count). The van der Waals surface area contributed by atoms with Crippen LogP contribution >= 0.6 is 11.6 Å². The molecule has 1 unspecified atom stereocenters. The molecule has 1 aliphatic heterocycles. The molecule has 16 heavy (non-hydrogen) atoms. The van der Waals surface area contributed by atoms with Crippen LogP contribution in [0, 0.1) is 0 Å². The van der Waals surface area contributed by atoms with Crippen molar-refractivity contribution in [2.24, 2.45) is 0 Å². The van der Waals surface area contributed by atoms with Crippen LogP contribution in [-0.2, 0) is 11.2 Å². The molecule has 0 aromatic heterocycles. The molecule has 0 N–H and O–H groups in total. The molecule has 1 aliphatic rings. The van der Waals surface area contributed by atoms with E-state index in [9.17, 15) is 4.79 Å². The first-order chi connectivity index (χ1) is 7.63. The Morgan fingerprint density at radius 1 is 1.44 bits per heavy atom. The number of benzene rings is 1. The van der Waals surface area contributed by atoms with Crippen molar-refractivity contribution in [3.63, 3.8) is 0 Å². The normalized spacial score (nSPS) is 17.2. The molecule has 0 saturated heterocycles. The van der Waals surface area contributed by atoms with E-state index in [-0.39, 0.29) is 11.3 Å². The van der Waals surface area contributed by atoms with E-state index in [1.165, 1.54) is 5.56 Å². The van der Waals surface area contributed by atoms with Crippen molar-refractivity contribution < 1.29 is 4.79 Å². The number of anilines is 1. The zero-order chi connectivity index (χ0) is 11.7. The van der Waals surface area contributed by atoms with Crippen molar-refractivity contribution in [2.75, 3.05) is 11.9 Å². The summed E-state index contributed by atoms with van der Waals surface area (Å²) in [5.41, 5.74) is 3.42. The molecule has 0 spiro atoms. The van der Waals surface area contributed by atoms with Crippen molar-refractivity contribution >= 4 is 23.2 Å². The lowest BCUT2D eigenvalue weighted by molar-refractivity contribution is -0.118. The first-order valence-electron chi connectivity index (χ1n) is 5.67. The molecule has 3 heteroatoms. The quantitative estimate of drug-likeness (QED) is 0.723. The van der Waals surface area contributed by atoms with Crippen molar-refractivity contribution in [1.82, 2.24) is 0 Å². The molecule has 1 amide bonds. The first kappa shape index (κ1) is 11.5. The Labute approximate surface area is 101 Å². The third-order valence-corrected chi connectivity index (χ3v) is 3.73. The fraction of sp³-hybridized carbons (Fsp3) is 0.462. The number of fused-ring (bicyclic) bond motifs is 1. The lowest BCUT2D eigenvalue weighted by atomic mass is 9.97. The van der Waals surface area contributed by atoms with E-state index in [1.807, 2.05) is 19.2 Å². The molecule has 1 aromatic carbocycles. The number of rotatable bonds is 2. The van der Waals surface area contributed by atoms with E-state index in [0.29, 0.717) is 6.42 Å². The minimum atomic E-state index is 0.0771. The number of carbonyl (C=O) groups excluding carboxylic acids is 1. The molecule has 1 heterocycles. The SMILES string of the molecule is CCC(Cl)c1ccc2c(c1)CCC(=O)N2C. The van der Waals surface area contributed by atoms with Gasteiger partial charge in [-0.05, 0) is 30.0 Å². The highest BCUT2D eigenvalue weighted by Gasteiger charge is 2.21. The van der Waals surface area contributed by atoms with Gasteiger partial charge in [0.05, 0.1) is 5.38 Å². The van der Waals surface area contributed by atoms with Crippen molar-refractivity contribution in [1.29, 1.82) is 0 Å². The van der Waals surface area contributed by atoms with Gasteiger partial charge >= 0.3 is 0 Å². The number of nitrogens with zero attached hydrogens (tertiary/aromatic N) is 1. The first-order valence-corrected chi connectivity index (χ1v) is 6.10. The summed E-state index contributed by atoms with van der Waals surface area (Å²) < 4.78 is 0. The molecule has 1 atom stereocenters. The van der Waals surface area contributed by atoms with Gasteiger partial charge in [-0.2, -0.15) is 0 Å². The fourth-order valence-electron chi connectivity index (χ4n) is 2.11. The van der Waals surface area contributed by atoms with Gasteiger partial charge in [-0.3, -0.25) is 4.79 Å². The molecular weight excluding hydrogens is 222 g/mol. The van der Waals surface area contributed by atoms with E-state index in [4.69, 9.17) is 11.6 Å². The zero-order valence-corrected chi connectivity index (χ0v) is 10.4. The van der Waals surface area contributed by atoms with Gasteiger partial charge in [-0.1, -0.05) is 19.1 Å². The van der Waals surface area contributed by atoms with E-state index >= 15 is 0 Å². The number of aryl methyl sites for hydroxylation is 1. The summed E-state index contributed by atoms with van der Waals surface area (Å²) in [6.07, 6.45) is 2.36. The third kappa shape index (κ3) is 1.94. The van der Waals surface area contributed by atoms with Gasteiger partial charge < -0.3 is 4.90 Å². The maximum atomic E-state index is 11.5. The van der Waals surface area contributed by atoms with Crippen LogP contribution in [0.2, 0.25) is 0 Å². The van der Waals surface area contributed by atoms with E-state index < -0.39 is 0 Å². The van der Waals surface area contributed by atoms with Gasteiger partial charge in [0.15, 0.2) is 0 Å². The van der Waals surface area contributed by atoms with Crippen LogP contribution in [0.4, 0.5) is 5.69 Å². The fourth-order valence-corrected chi connectivity index (χ4v) is 2.24. The monoisotopic (exact) mass is 237 g/mol. The van der Waals surface area contributed by atoms with Crippen molar-refractivity contribution in [3.8, 4) is 0 Å². The number of amides is 1. The topological polar surface area (TPSA) is 20.3 Å². The average molecular weight is 238 g/mol. The Morgan fingerprint density at radius 3 is 2.88 bits per heavy atom. The van der Waals surface area contributed by atoms with Gasteiger partial charge in [0, 0.05) is 19.2 Å². The molecule has 86 valence electrons. The van der Waals surface area contributed by atoms with Gasteiger partial charge in [0.25, 0.3) is 0 Å². The highest BCUT2D eigenvalue weighted by Crippen LogP contribution is 2.32. The van der Waals surface area contributed by atoms with Crippen LogP contribution in [0.5, 0.6) is 0 Å². The van der Waals surface area contributed by atoms with E-state index in [0.717, 1.165) is 24.1 Å². The summed E-state index contributed by atoms with van der Waals surface area (Å²) in [6, 6.07) is 6.17. The smallest absolute Gasteiger partial charge is 0.227 e. The largest absolute Gasteiger partial charge is 0.315 e. The summed E-state index contributed by atoms with van der Waals surface area (Å²) in [5.74, 6) is 0.193. The van der Waals surface area contributed by atoms with Gasteiger partial charge in [-0.15, -0.1) is 11.6 Å². The Morgan fingerprint density at radius 2 is 2.19 bits per heavy atom. The standard InChI is InChI=1S/C13H16ClNO/c1-3-11(14)9-4-6-12-10(8-9)5-7-13(16)15(12)2/h4,6,8,11H,3,5,7H2,1-2H3. The summed E-state index contributed by atoms with van der Waals surface area (Å²) in [5, 5.41) is 0.0771. The van der Waals surface area contributed by atoms with Gasteiger partial charge in [0.2, 0.25) is 5.91 Å². The van der Waals surface area contributed by atoms with E-state index in [2.05, 4.69) is 13.0 Å². The van der Waals surface area contributed by atoms with Gasteiger partial charge in [-0.25, -0.2) is 0 Å². The summed E-state index contributed by atoms with van der Waals surface area (Å²) in [6.45, 7) is 2.08. The Balaban J connectivity index is 2.37. The number of carbonyl (C=O) groups is 1. The molecule has 0 bridgehead atoms. The van der Waals surface area contributed by atoms with Crippen LogP contribution in [0.3, 0.4) is 0 Å². The zero-order valence-electron chi connectivity index (χ0n) is 9.66. The second-order valence-electron chi connectivity index (χ2n) is 4.22. The second kappa shape index (κ2) is 4.46. The highest BCUT2D eigenvalue weighted by molar-refractivity contribution is 6.20. The molecule has 0 saturated carbocycles. The van der Waals surface area contributed by atoms with Crippen LogP contribution in [0.1, 0.15) is 36.3 Å². The molecule has 2 nitrogen and oxygen atoms in total. The minimum Gasteiger partial charge on any atom is -0.315 e. The van der Waals surface area contributed by atoms with Crippen LogP contribution < -0.4 is 4.90 Å². The van der Waals surface area contributed by atoms with Gasteiger partial charge in [0.1, 0.15) is 0 Å². The molecule has 0 aliphatic carbocycles. The highest BCUT2D eigenvalue weighted by atomic mass is 35.5. The summed E-state index contributed by atoms with van der Waals surface area (Å²) >= 11 is 6.22. The minimum absolute atomic E-state index is 0.0771. The summed E-state index contributed by atoms with van der Waals surface area (Å²) in [4.78, 5) is 13.3. The van der Waals surface area contributed by atoms with Crippen LogP contribution in [0.25, 0.3) is 0 Å². The Bertz CT molecular complexity index is 416. The Hall–Kier alpha value is -1.02. The maximum Gasteiger partial charge on any atom is 0.227 e. The maximum absolute atomic E-state index is 11.5. The van der Waals surface area contributed by atoms with E-state index in [1.54, 1.807) is 4.90 Å². The molecule has 0 radical (unpaired) electrons. The lowest BCUT2D eigenvalue weighted by Crippen LogP contribution is -2.31. The number of alkyl halides is 1. The average Bonchev–Trinajstić information content (AvgIpc) is 2.32. The molecule has 1 aromatic rings. The van der Waals surface area contributed by atoms with Crippen molar-refractivity contribution in [2.45, 2.75) is 31.6 Å². The number of hydrogen-bond acceptors (Lipinski definition) is 1. The van der Waals surface area contributed by atoms with Crippen molar-refractivity contribution in [3.05, 3.63) is 29.3 Å².